The molecule has 0 spiro atoms. The summed E-state index contributed by atoms with van der Waals surface area (Å²) in [6.45, 7) is 0. The van der Waals surface area contributed by atoms with Crippen LogP contribution in [0.15, 0.2) is 88.6 Å². The number of benzene rings is 4. The van der Waals surface area contributed by atoms with E-state index in [1.54, 1.807) is 37.4 Å². The van der Waals surface area contributed by atoms with Crippen LogP contribution < -0.4 is 84.8 Å². The van der Waals surface area contributed by atoms with Crippen LogP contribution in [-0.2, 0) is 28.5 Å². The Balaban J connectivity index is 0.00000271. The summed E-state index contributed by atoms with van der Waals surface area (Å²) in [6.07, 6.45) is 0. The number of phenolic OH excluding ortho intramolecular Hbond substituents is 1. The van der Waals surface area contributed by atoms with Gasteiger partial charge in [-0.3, -0.25) is 9.59 Å². The molecule has 258 valence electrons. The molecule has 2 aromatic heterocycles. The van der Waals surface area contributed by atoms with Crippen LogP contribution in [0.2, 0.25) is 5.28 Å². The molecule has 53 heavy (non-hydrogen) atoms. The molecule has 21 heteroatoms. The van der Waals surface area contributed by atoms with E-state index in [0.717, 1.165) is 12.1 Å². The van der Waals surface area contributed by atoms with Crippen molar-refractivity contribution in [2.24, 2.45) is 7.05 Å². The van der Waals surface area contributed by atoms with Gasteiger partial charge in [0.05, 0.1) is 33.0 Å². The Labute approximate surface area is 351 Å². The van der Waals surface area contributed by atoms with Crippen molar-refractivity contribution in [2.45, 2.75) is 4.90 Å². The Bertz CT molecular complexity index is 2670. The smallest absolute Gasteiger partial charge is 0.744 e. The zero-order valence-electron chi connectivity index (χ0n) is 27.7. The van der Waals surface area contributed by atoms with E-state index in [4.69, 9.17) is 15.8 Å². The molecule has 6 aromatic rings. The van der Waals surface area contributed by atoms with Crippen LogP contribution in [-0.4, -0.2) is 52.1 Å². The molecule has 0 saturated heterocycles. The Kier molecular flexibility index (Phi) is 12.0. The van der Waals surface area contributed by atoms with Crippen molar-refractivity contribution >= 4 is 84.4 Å². The van der Waals surface area contributed by atoms with Crippen molar-refractivity contribution in [1.29, 1.82) is 0 Å². The fraction of sp³-hybridized carbons (Fsp3) is 0.0312. The van der Waals surface area contributed by atoms with Gasteiger partial charge in [-0.15, -0.1) is 0 Å². The third kappa shape index (κ3) is 8.13. The molecule has 1 atom stereocenters. The van der Waals surface area contributed by atoms with E-state index < -0.39 is 26.4 Å². The zero-order chi connectivity index (χ0) is 36.2. The van der Waals surface area contributed by atoms with Gasteiger partial charge in [-0.05, 0) is 65.2 Å². The monoisotopic (exact) mass is 791 g/mol. The van der Waals surface area contributed by atoms with Crippen molar-refractivity contribution in [3.05, 3.63) is 106 Å². The van der Waals surface area contributed by atoms with Gasteiger partial charge in [-0.2, -0.15) is 15.0 Å². The van der Waals surface area contributed by atoms with E-state index in [0.29, 0.717) is 27.6 Å². The van der Waals surface area contributed by atoms with Crippen LogP contribution in [0.3, 0.4) is 0 Å². The summed E-state index contributed by atoms with van der Waals surface area (Å²) in [4.78, 5) is 38.4. The largest absolute Gasteiger partial charge is 1.00 e. The molecular formula is C32H20ClN7Na2O9S2. The van der Waals surface area contributed by atoms with Gasteiger partial charge in [-0.1, -0.05) is 24.3 Å². The number of hydrogen-bond donors (Lipinski definition) is 4. The fourth-order valence-corrected chi connectivity index (χ4v) is 6.75. The maximum Gasteiger partial charge on any atom is 1.00 e. The number of nitrogens with one attached hydrogen (secondary N) is 3. The zero-order valence-corrected chi connectivity index (χ0v) is 34.1. The molecule has 0 saturated carbocycles. The molecule has 2 heterocycles. The molecule has 16 nitrogen and oxygen atoms in total. The summed E-state index contributed by atoms with van der Waals surface area (Å²) in [7, 11) is -3.48. The number of anilines is 6. The number of aromatic nitrogens is 4. The summed E-state index contributed by atoms with van der Waals surface area (Å²) in [5.74, 6) is -1.27. The summed E-state index contributed by atoms with van der Waals surface area (Å²) in [6, 6.07) is 18.6. The van der Waals surface area contributed by atoms with Crippen LogP contribution in [0, 0.1) is 0 Å². The average molecular weight is 792 g/mol. The summed E-state index contributed by atoms with van der Waals surface area (Å²) in [5.41, 5.74) is 1.97. The van der Waals surface area contributed by atoms with Crippen LogP contribution in [0.5, 0.6) is 11.5 Å². The first-order valence-electron chi connectivity index (χ1n) is 14.5. The van der Waals surface area contributed by atoms with Crippen molar-refractivity contribution in [3.8, 4) is 22.6 Å². The molecule has 0 radical (unpaired) electrons. The molecule has 0 aliphatic heterocycles. The van der Waals surface area contributed by atoms with Gasteiger partial charge in [0.25, 0.3) is 5.56 Å². The number of ketones is 1. The minimum Gasteiger partial charge on any atom is -0.744 e. The van der Waals surface area contributed by atoms with Crippen molar-refractivity contribution in [3.63, 3.8) is 0 Å². The van der Waals surface area contributed by atoms with Gasteiger partial charge < -0.3 is 38.9 Å². The molecule has 0 fully saturated rings. The van der Waals surface area contributed by atoms with Crippen molar-refractivity contribution in [1.82, 2.24) is 19.5 Å². The Hall–Kier alpha value is -3.92. The number of fused-ring (bicyclic) bond motifs is 2. The van der Waals surface area contributed by atoms with Gasteiger partial charge in [-0.25, -0.2) is 12.6 Å². The number of aromatic hydroxyl groups is 1. The molecule has 4 aromatic carbocycles. The number of halogens is 1. The predicted octanol–water partition coefficient (Wildman–Crippen LogP) is -1.39. The molecule has 1 aliphatic rings. The first-order chi connectivity index (χ1) is 24.3. The normalized spacial score (nSPS) is 12.2. The second kappa shape index (κ2) is 15.8. The van der Waals surface area contributed by atoms with Crippen LogP contribution >= 0.6 is 11.6 Å². The molecule has 1 unspecified atom stereocenters. The SMILES string of the molecule is Cn1c(=O)cc2c3c(c(Nc4cc(Nc5nc(Cl)nc(Nc6ccc(O)cc6OS(=O)[O-])n5)ccc4S(=O)(=O)[O-])ccc31)C(=O)c1ccccc1-2.[Na+].[Na+]. The minimum atomic E-state index is -5.05. The number of carbonyl (C=O) groups is 1. The maximum absolute atomic E-state index is 14.0. The topological polar surface area (TPSA) is 241 Å². The van der Waals surface area contributed by atoms with Crippen LogP contribution in [0.1, 0.15) is 15.9 Å². The Morgan fingerprint density at radius 3 is 2.21 bits per heavy atom. The standard InChI is InChI=1S/C32H22ClN7O9S2.2Na/c1-40-23-10-9-21(28-27(23)19(14-26(40)42)17-4-2-3-5-18(17)29(28)43)35-22-12-15(6-11-25(22)51(46,47)48)34-31-37-30(33)38-32(39-31)36-20-8-7-16(41)13-24(20)49-50(44)45;;/h2-14,35,41H,1H3,(H,44,45)(H,46,47,48)(H2,34,36,37,38,39);;/q;2*+1/p-2. The van der Waals surface area contributed by atoms with E-state index in [9.17, 15) is 36.4 Å². The first-order valence-corrected chi connectivity index (χ1v) is 17.3. The molecule has 1 aliphatic carbocycles. The van der Waals surface area contributed by atoms with E-state index in [1.807, 2.05) is 0 Å². The molecule has 0 bridgehead atoms. The van der Waals surface area contributed by atoms with Crippen LogP contribution in [0.4, 0.5) is 34.6 Å². The Morgan fingerprint density at radius 2 is 1.51 bits per heavy atom. The Morgan fingerprint density at radius 1 is 0.830 bits per heavy atom. The number of rotatable bonds is 9. The van der Waals surface area contributed by atoms with Crippen LogP contribution in [0.25, 0.3) is 22.0 Å². The van der Waals surface area contributed by atoms with Gasteiger partial charge in [0, 0.05) is 35.8 Å². The third-order valence-electron chi connectivity index (χ3n) is 7.85. The summed E-state index contributed by atoms with van der Waals surface area (Å²) >= 11 is 3.16. The molecule has 7 rings (SSSR count). The maximum atomic E-state index is 14.0. The number of phenols is 1. The van der Waals surface area contributed by atoms with Gasteiger partial charge in [0.1, 0.15) is 27.2 Å². The molecular weight excluding hydrogens is 772 g/mol. The summed E-state index contributed by atoms with van der Waals surface area (Å²) < 4.78 is 65.5. The number of nitrogens with zero attached hydrogens (tertiary/aromatic N) is 4. The summed E-state index contributed by atoms with van der Waals surface area (Å²) in [5, 5.41) is 18.4. The number of pyridine rings is 1. The fourth-order valence-electron chi connectivity index (χ4n) is 5.69. The third-order valence-corrected chi connectivity index (χ3v) is 9.23. The quantitative estimate of drug-likeness (QED) is 0.0570. The van der Waals surface area contributed by atoms with E-state index in [-0.39, 0.29) is 127 Å². The molecule has 4 N–H and O–H groups in total. The van der Waals surface area contributed by atoms with E-state index in [2.05, 4.69) is 30.9 Å². The molecule has 0 amide bonds. The second-order valence-electron chi connectivity index (χ2n) is 11.0. The van der Waals surface area contributed by atoms with Gasteiger partial charge in [0.2, 0.25) is 17.2 Å². The van der Waals surface area contributed by atoms with Gasteiger partial charge >= 0.3 is 59.1 Å². The first kappa shape index (κ1) is 40.3. The number of aryl methyl sites for hydroxylation is 1. The van der Waals surface area contributed by atoms with Crippen molar-refractivity contribution < 1.29 is 94.9 Å². The number of carbonyl (C=O) groups excluding carboxylic acids is 1. The van der Waals surface area contributed by atoms with E-state index >= 15 is 0 Å². The van der Waals surface area contributed by atoms with E-state index in [1.165, 1.54) is 41.0 Å². The predicted molar refractivity (Wildman–Crippen MR) is 185 cm³/mol. The second-order valence-corrected chi connectivity index (χ2v) is 13.2. The number of hydrogen-bond acceptors (Lipinski definition) is 15. The average Bonchev–Trinajstić information content (AvgIpc) is 3.06. The van der Waals surface area contributed by atoms with Gasteiger partial charge in [0.15, 0.2) is 11.5 Å². The van der Waals surface area contributed by atoms with Crippen molar-refractivity contribution in [2.75, 3.05) is 16.0 Å². The minimum absolute atomic E-state index is 0.